The van der Waals surface area contributed by atoms with Crippen LogP contribution < -0.4 is 5.32 Å². The van der Waals surface area contributed by atoms with Gasteiger partial charge in [0.2, 0.25) is 11.8 Å². The summed E-state index contributed by atoms with van der Waals surface area (Å²) in [6.45, 7) is 0.349. The molecule has 5 rings (SSSR count). The second-order valence-electron chi connectivity index (χ2n) is 7.69. The van der Waals surface area contributed by atoms with Gasteiger partial charge in [0, 0.05) is 36.7 Å². The van der Waals surface area contributed by atoms with Gasteiger partial charge in [0.25, 0.3) is 5.91 Å². The van der Waals surface area contributed by atoms with Crippen LogP contribution in [0.1, 0.15) is 28.8 Å². The van der Waals surface area contributed by atoms with Crippen LogP contribution in [0.2, 0.25) is 0 Å². The average Bonchev–Trinajstić information content (AvgIpc) is 3.28. The van der Waals surface area contributed by atoms with Crippen molar-refractivity contribution in [2.75, 3.05) is 0 Å². The molecule has 2 aliphatic rings. The van der Waals surface area contributed by atoms with Crippen LogP contribution in [-0.2, 0) is 23.2 Å². The van der Waals surface area contributed by atoms with Gasteiger partial charge >= 0.3 is 0 Å². The van der Waals surface area contributed by atoms with Crippen LogP contribution in [0.3, 0.4) is 0 Å². The summed E-state index contributed by atoms with van der Waals surface area (Å²) in [6.07, 6.45) is 2.39. The molecule has 3 aromatic rings. The fourth-order valence-electron chi connectivity index (χ4n) is 4.30. The second kappa shape index (κ2) is 6.95. The second-order valence-corrected chi connectivity index (χ2v) is 7.69. The predicted molar refractivity (Wildman–Crippen MR) is 110 cm³/mol. The van der Waals surface area contributed by atoms with Gasteiger partial charge in [-0.15, -0.1) is 0 Å². The zero-order valence-electron chi connectivity index (χ0n) is 16.5. The molecule has 30 heavy (non-hydrogen) atoms. The van der Waals surface area contributed by atoms with E-state index < -0.39 is 11.9 Å². The minimum Gasteiger partial charge on any atom is -0.333 e. The van der Waals surface area contributed by atoms with Crippen molar-refractivity contribution in [3.63, 3.8) is 0 Å². The number of piperidine rings is 1. The number of rotatable bonds is 3. The number of hydrogen-bond acceptors (Lipinski definition) is 4. The van der Waals surface area contributed by atoms with Gasteiger partial charge < -0.3 is 9.47 Å². The highest BCUT2D eigenvalue weighted by atomic mass is 16.2. The van der Waals surface area contributed by atoms with E-state index in [0.29, 0.717) is 18.5 Å². The summed E-state index contributed by atoms with van der Waals surface area (Å²) >= 11 is 0. The van der Waals surface area contributed by atoms with E-state index in [4.69, 9.17) is 0 Å². The van der Waals surface area contributed by atoms with Crippen LogP contribution in [0.25, 0.3) is 22.5 Å². The fraction of sp³-hybridized carbons (Fsp3) is 0.217. The quantitative estimate of drug-likeness (QED) is 0.685. The van der Waals surface area contributed by atoms with Crippen molar-refractivity contribution in [3.8, 4) is 22.5 Å². The highest BCUT2D eigenvalue weighted by Crippen LogP contribution is 2.34. The minimum absolute atomic E-state index is 0.171. The number of imide groups is 1. The van der Waals surface area contributed by atoms with E-state index in [0.717, 1.165) is 28.1 Å². The number of nitrogens with one attached hydrogen (secondary N) is 1. The molecule has 1 saturated heterocycles. The van der Waals surface area contributed by atoms with E-state index in [-0.39, 0.29) is 18.2 Å². The number of imidazole rings is 1. The van der Waals surface area contributed by atoms with Crippen molar-refractivity contribution >= 4 is 17.7 Å². The number of fused-ring (bicyclic) bond motifs is 1. The summed E-state index contributed by atoms with van der Waals surface area (Å²) in [5.74, 6) is -0.856. The summed E-state index contributed by atoms with van der Waals surface area (Å²) in [5, 5.41) is 2.33. The predicted octanol–water partition coefficient (Wildman–Crippen LogP) is 2.52. The molecule has 0 aliphatic carbocycles. The Morgan fingerprint density at radius 2 is 1.83 bits per heavy atom. The van der Waals surface area contributed by atoms with Crippen molar-refractivity contribution in [1.82, 2.24) is 19.8 Å². The molecular weight excluding hydrogens is 380 g/mol. The Labute approximate surface area is 173 Å². The van der Waals surface area contributed by atoms with E-state index in [9.17, 15) is 14.4 Å². The molecule has 2 aliphatic heterocycles. The number of nitrogens with zero attached hydrogens (tertiary/aromatic N) is 3. The van der Waals surface area contributed by atoms with E-state index in [1.54, 1.807) is 11.2 Å². The first-order chi connectivity index (χ1) is 14.5. The van der Waals surface area contributed by atoms with Crippen molar-refractivity contribution in [1.29, 1.82) is 0 Å². The van der Waals surface area contributed by atoms with Crippen LogP contribution >= 0.6 is 0 Å². The van der Waals surface area contributed by atoms with Gasteiger partial charge in [-0.3, -0.25) is 19.7 Å². The van der Waals surface area contributed by atoms with E-state index >= 15 is 0 Å². The molecule has 1 N–H and O–H groups in total. The summed E-state index contributed by atoms with van der Waals surface area (Å²) in [6, 6.07) is 15.1. The van der Waals surface area contributed by atoms with Crippen molar-refractivity contribution in [2.45, 2.75) is 25.4 Å². The third-order valence-electron chi connectivity index (χ3n) is 5.78. The van der Waals surface area contributed by atoms with Crippen LogP contribution in [-0.4, -0.2) is 38.2 Å². The van der Waals surface area contributed by atoms with Crippen LogP contribution in [0.5, 0.6) is 0 Å². The van der Waals surface area contributed by atoms with Gasteiger partial charge in [-0.05, 0) is 24.1 Å². The maximum atomic E-state index is 12.9. The van der Waals surface area contributed by atoms with Crippen LogP contribution in [0.4, 0.5) is 0 Å². The molecule has 150 valence electrons. The Hall–Kier alpha value is -3.74. The van der Waals surface area contributed by atoms with Crippen molar-refractivity contribution in [3.05, 3.63) is 66.0 Å². The zero-order valence-corrected chi connectivity index (χ0v) is 16.5. The topological polar surface area (TPSA) is 84.3 Å². The third-order valence-corrected chi connectivity index (χ3v) is 5.78. The van der Waals surface area contributed by atoms with Gasteiger partial charge in [-0.25, -0.2) is 4.98 Å². The standard InChI is InChI=1S/C23H20N4O3/c1-26-13-24-20(21(26)14-5-3-2-4-6-14)15-7-8-17-16(11-15)12-27(23(17)30)18-9-10-19(28)25-22(18)29/h2-8,11,13,18H,9-10,12H2,1H3,(H,25,28,29)/t18-/m0/s1. The molecule has 7 nitrogen and oxygen atoms in total. The number of hydrogen-bond donors (Lipinski definition) is 1. The lowest BCUT2D eigenvalue weighted by Gasteiger charge is -2.29. The molecular formula is C23H20N4O3. The number of carbonyl (C=O) groups is 3. The average molecular weight is 400 g/mol. The normalized spacial score (nSPS) is 18.5. The molecule has 1 fully saturated rings. The summed E-state index contributed by atoms with van der Waals surface area (Å²) in [4.78, 5) is 42.8. The Morgan fingerprint density at radius 3 is 2.60 bits per heavy atom. The molecule has 0 spiro atoms. The van der Waals surface area contributed by atoms with E-state index in [1.165, 1.54) is 0 Å². The largest absolute Gasteiger partial charge is 0.333 e. The molecule has 1 aromatic heterocycles. The van der Waals surface area contributed by atoms with Gasteiger partial charge in [0.15, 0.2) is 0 Å². The summed E-state index contributed by atoms with van der Waals surface area (Å²) < 4.78 is 1.98. The van der Waals surface area contributed by atoms with Gasteiger partial charge in [0.1, 0.15) is 6.04 Å². The van der Waals surface area contributed by atoms with E-state index in [1.807, 2.05) is 60.1 Å². The Balaban J connectivity index is 1.49. The number of amides is 3. The Morgan fingerprint density at radius 1 is 1.03 bits per heavy atom. The highest BCUT2D eigenvalue weighted by Gasteiger charge is 2.39. The summed E-state index contributed by atoms with van der Waals surface area (Å²) in [5.41, 5.74) is 5.30. The number of aromatic nitrogens is 2. The Kier molecular flexibility index (Phi) is 4.24. The molecule has 0 unspecified atom stereocenters. The molecule has 3 heterocycles. The fourth-order valence-corrected chi connectivity index (χ4v) is 4.30. The number of aryl methyl sites for hydroxylation is 1. The minimum atomic E-state index is -0.610. The molecule has 1 atom stereocenters. The highest BCUT2D eigenvalue weighted by molar-refractivity contribution is 6.05. The first kappa shape index (κ1) is 18.3. The van der Waals surface area contributed by atoms with Crippen molar-refractivity contribution < 1.29 is 14.4 Å². The maximum absolute atomic E-state index is 12.9. The lowest BCUT2D eigenvalue weighted by Crippen LogP contribution is -2.52. The molecule has 2 aromatic carbocycles. The van der Waals surface area contributed by atoms with Crippen LogP contribution in [0, 0.1) is 0 Å². The smallest absolute Gasteiger partial charge is 0.255 e. The first-order valence-electron chi connectivity index (χ1n) is 9.87. The molecule has 0 radical (unpaired) electrons. The third kappa shape index (κ3) is 2.90. The van der Waals surface area contributed by atoms with E-state index in [2.05, 4.69) is 10.3 Å². The maximum Gasteiger partial charge on any atom is 0.255 e. The SMILES string of the molecule is Cn1cnc(-c2ccc3c(c2)CN([C@H]2CCC(=O)NC2=O)C3=O)c1-c1ccccc1. The molecule has 0 saturated carbocycles. The lowest BCUT2D eigenvalue weighted by molar-refractivity contribution is -0.136. The van der Waals surface area contributed by atoms with Gasteiger partial charge in [0.05, 0.1) is 17.7 Å². The molecule has 7 heteroatoms. The van der Waals surface area contributed by atoms with Gasteiger partial charge in [-0.2, -0.15) is 0 Å². The molecule has 3 amide bonds. The monoisotopic (exact) mass is 400 g/mol. The first-order valence-corrected chi connectivity index (χ1v) is 9.87. The Bertz CT molecular complexity index is 1180. The van der Waals surface area contributed by atoms with Gasteiger partial charge in [-0.1, -0.05) is 36.4 Å². The lowest BCUT2D eigenvalue weighted by atomic mass is 10.0. The number of carbonyl (C=O) groups excluding carboxylic acids is 3. The molecule has 0 bridgehead atoms. The zero-order chi connectivity index (χ0) is 20.8. The van der Waals surface area contributed by atoms with Crippen LogP contribution in [0.15, 0.2) is 54.9 Å². The summed E-state index contributed by atoms with van der Waals surface area (Å²) in [7, 11) is 1.96. The van der Waals surface area contributed by atoms with Crippen molar-refractivity contribution in [2.24, 2.45) is 7.05 Å². The number of benzene rings is 2.